The third kappa shape index (κ3) is 4.88. The van der Waals surface area contributed by atoms with Crippen LogP contribution in [0.3, 0.4) is 0 Å². The number of ketones is 1. The van der Waals surface area contributed by atoms with E-state index in [1.54, 1.807) is 0 Å². The molecule has 4 N–H and O–H groups in total. The summed E-state index contributed by atoms with van der Waals surface area (Å²) < 4.78 is 2.04. The van der Waals surface area contributed by atoms with Gasteiger partial charge in [0.05, 0.1) is 0 Å². The van der Waals surface area contributed by atoms with Gasteiger partial charge in [-0.05, 0) is 50.4 Å². The molecule has 34 heavy (non-hydrogen) atoms. The van der Waals surface area contributed by atoms with Crippen molar-refractivity contribution < 1.29 is 10.0 Å². The SMILES string of the molecule is CC1CCC(Cn2c(C(=O)C(C)(C)C)nc3nc(/C(N)=N/O)nc(N[C@H](C)C4CCC4)c32)CC1. The zero-order valence-corrected chi connectivity index (χ0v) is 21.1. The molecule has 0 amide bonds. The van der Waals surface area contributed by atoms with Crippen LogP contribution in [0.15, 0.2) is 5.16 Å². The number of hydrogen-bond donors (Lipinski definition) is 3. The van der Waals surface area contributed by atoms with E-state index in [0.717, 1.165) is 24.3 Å². The maximum atomic E-state index is 13.5. The Kier molecular flexibility index (Phi) is 6.82. The van der Waals surface area contributed by atoms with E-state index in [-0.39, 0.29) is 23.5 Å². The van der Waals surface area contributed by atoms with Gasteiger partial charge < -0.3 is 20.8 Å². The molecule has 2 aromatic heterocycles. The molecule has 2 heterocycles. The Hall–Kier alpha value is -2.71. The smallest absolute Gasteiger partial charge is 0.208 e. The van der Waals surface area contributed by atoms with Gasteiger partial charge in [-0.1, -0.05) is 52.1 Å². The van der Waals surface area contributed by atoms with Crippen molar-refractivity contribution in [1.82, 2.24) is 19.5 Å². The van der Waals surface area contributed by atoms with Crippen molar-refractivity contribution in [2.24, 2.45) is 34.1 Å². The first-order valence-electron chi connectivity index (χ1n) is 12.7. The highest BCUT2D eigenvalue weighted by Gasteiger charge is 2.33. The molecule has 186 valence electrons. The second kappa shape index (κ2) is 9.50. The molecule has 0 bridgehead atoms. The van der Waals surface area contributed by atoms with Crippen LogP contribution in [0.4, 0.5) is 5.82 Å². The lowest BCUT2D eigenvalue weighted by Gasteiger charge is -2.32. The van der Waals surface area contributed by atoms with Crippen molar-refractivity contribution in [3.63, 3.8) is 0 Å². The highest BCUT2D eigenvalue weighted by atomic mass is 16.4. The Balaban J connectivity index is 1.85. The van der Waals surface area contributed by atoms with Gasteiger partial charge in [-0.25, -0.2) is 15.0 Å². The highest BCUT2D eigenvalue weighted by molar-refractivity contribution is 6.02. The van der Waals surface area contributed by atoms with Crippen LogP contribution in [0.2, 0.25) is 0 Å². The summed E-state index contributed by atoms with van der Waals surface area (Å²) in [5.41, 5.74) is 6.40. The highest BCUT2D eigenvalue weighted by Crippen LogP contribution is 2.35. The molecule has 1 atom stereocenters. The molecule has 0 aliphatic heterocycles. The van der Waals surface area contributed by atoms with E-state index < -0.39 is 5.41 Å². The predicted octanol–water partition coefficient (Wildman–Crippen LogP) is 4.58. The molecule has 9 nitrogen and oxygen atoms in total. The molecule has 2 saturated carbocycles. The number of rotatable bonds is 7. The van der Waals surface area contributed by atoms with E-state index >= 15 is 0 Å². The zero-order chi connectivity index (χ0) is 24.6. The van der Waals surface area contributed by atoms with Gasteiger partial charge in [0.2, 0.25) is 17.4 Å². The summed E-state index contributed by atoms with van der Waals surface area (Å²) in [5.74, 6) is 2.69. The lowest BCUT2D eigenvalue weighted by Crippen LogP contribution is -2.32. The van der Waals surface area contributed by atoms with Crippen LogP contribution in [-0.2, 0) is 6.54 Å². The fraction of sp³-hybridized carbons (Fsp3) is 0.720. The minimum absolute atomic E-state index is 0.0296. The maximum absolute atomic E-state index is 13.5. The molecular formula is C25H39N7O2. The quantitative estimate of drug-likeness (QED) is 0.178. The van der Waals surface area contributed by atoms with Gasteiger partial charge in [-0.15, -0.1) is 0 Å². The predicted molar refractivity (Wildman–Crippen MR) is 133 cm³/mol. The van der Waals surface area contributed by atoms with E-state index in [1.807, 2.05) is 25.3 Å². The number of hydrogen-bond acceptors (Lipinski definition) is 7. The summed E-state index contributed by atoms with van der Waals surface area (Å²) in [4.78, 5) is 27.3. The molecule has 0 radical (unpaired) electrons. The minimum atomic E-state index is -0.588. The average molecular weight is 470 g/mol. The number of aromatic nitrogens is 4. The summed E-state index contributed by atoms with van der Waals surface area (Å²) in [7, 11) is 0. The average Bonchev–Trinajstić information content (AvgIpc) is 3.10. The lowest BCUT2D eigenvalue weighted by atomic mass is 9.80. The van der Waals surface area contributed by atoms with E-state index in [1.165, 1.54) is 32.1 Å². The van der Waals surface area contributed by atoms with Gasteiger partial charge in [0.1, 0.15) is 5.52 Å². The number of nitrogens with zero attached hydrogens (tertiary/aromatic N) is 5. The molecule has 9 heteroatoms. The van der Waals surface area contributed by atoms with E-state index in [9.17, 15) is 10.0 Å². The van der Waals surface area contributed by atoms with Gasteiger partial charge >= 0.3 is 0 Å². The Morgan fingerprint density at radius 1 is 1.18 bits per heavy atom. The van der Waals surface area contributed by atoms with Crippen LogP contribution in [0, 0.1) is 23.2 Å². The molecule has 0 spiro atoms. The van der Waals surface area contributed by atoms with Crippen LogP contribution < -0.4 is 11.1 Å². The van der Waals surface area contributed by atoms with Crippen molar-refractivity contribution in [3.8, 4) is 0 Å². The normalized spacial score (nSPS) is 23.0. The fourth-order valence-corrected chi connectivity index (χ4v) is 5.03. The first-order valence-corrected chi connectivity index (χ1v) is 12.7. The number of carbonyl (C=O) groups is 1. The second-order valence-electron chi connectivity index (χ2n) is 11.4. The number of carbonyl (C=O) groups excluding carboxylic acids is 1. The summed E-state index contributed by atoms with van der Waals surface area (Å²) in [5, 5.41) is 15.9. The van der Waals surface area contributed by atoms with Crippen molar-refractivity contribution in [2.75, 3.05) is 5.32 Å². The number of oxime groups is 1. The number of nitrogens with one attached hydrogen (secondary N) is 1. The summed E-state index contributed by atoms with van der Waals surface area (Å²) in [6.07, 6.45) is 8.28. The third-order valence-electron chi connectivity index (χ3n) is 7.62. The molecule has 2 aliphatic carbocycles. The van der Waals surface area contributed by atoms with Crippen molar-refractivity contribution in [2.45, 2.75) is 92.2 Å². The fourth-order valence-electron chi connectivity index (χ4n) is 5.03. The van der Waals surface area contributed by atoms with Crippen molar-refractivity contribution in [3.05, 3.63) is 11.6 Å². The van der Waals surface area contributed by atoms with Crippen LogP contribution in [0.25, 0.3) is 11.2 Å². The molecule has 0 aromatic carbocycles. The first kappa shape index (κ1) is 24.4. The Morgan fingerprint density at radius 2 is 1.85 bits per heavy atom. The third-order valence-corrected chi connectivity index (χ3v) is 7.62. The number of imidazole rings is 1. The number of Topliss-reactive ketones (excluding diaryl/α,β-unsaturated/α-hetero) is 1. The van der Waals surface area contributed by atoms with Gasteiger partial charge in [-0.3, -0.25) is 4.79 Å². The summed E-state index contributed by atoms with van der Waals surface area (Å²) >= 11 is 0. The zero-order valence-electron chi connectivity index (χ0n) is 21.1. The first-order chi connectivity index (χ1) is 16.1. The van der Waals surface area contributed by atoms with Crippen LogP contribution in [0.1, 0.15) is 96.0 Å². The van der Waals surface area contributed by atoms with E-state index in [4.69, 9.17) is 10.7 Å². The molecule has 4 rings (SSSR count). The maximum Gasteiger partial charge on any atom is 0.208 e. The summed E-state index contributed by atoms with van der Waals surface area (Å²) in [6, 6.07) is 0.202. The molecule has 0 saturated heterocycles. The molecule has 0 unspecified atom stereocenters. The second-order valence-corrected chi connectivity index (χ2v) is 11.4. The van der Waals surface area contributed by atoms with Gasteiger partial charge in [0, 0.05) is 18.0 Å². The molecule has 2 aromatic rings. The minimum Gasteiger partial charge on any atom is -0.409 e. The summed E-state index contributed by atoms with van der Waals surface area (Å²) in [6.45, 7) is 10.9. The number of amidine groups is 1. The van der Waals surface area contributed by atoms with Crippen LogP contribution in [-0.4, -0.2) is 42.4 Å². The topological polar surface area (TPSA) is 131 Å². The molecular weight excluding hydrogens is 430 g/mol. The van der Waals surface area contributed by atoms with Crippen LogP contribution in [0.5, 0.6) is 0 Å². The van der Waals surface area contributed by atoms with Crippen molar-refractivity contribution in [1.29, 1.82) is 0 Å². The van der Waals surface area contributed by atoms with Gasteiger partial charge in [0.15, 0.2) is 17.3 Å². The van der Waals surface area contributed by atoms with E-state index in [2.05, 4.69) is 34.3 Å². The Bertz CT molecular complexity index is 1070. The number of anilines is 1. The van der Waals surface area contributed by atoms with Crippen molar-refractivity contribution >= 4 is 28.6 Å². The number of nitrogens with two attached hydrogens (primary N) is 1. The number of fused-ring (bicyclic) bond motifs is 1. The Morgan fingerprint density at radius 3 is 2.41 bits per heavy atom. The molecule has 2 fully saturated rings. The van der Waals surface area contributed by atoms with Gasteiger partial charge in [0.25, 0.3) is 0 Å². The van der Waals surface area contributed by atoms with Crippen LogP contribution >= 0.6 is 0 Å². The molecule has 2 aliphatic rings. The Labute approximate surface area is 201 Å². The largest absolute Gasteiger partial charge is 0.409 e. The van der Waals surface area contributed by atoms with E-state index in [0.29, 0.717) is 35.7 Å². The standard InChI is InChI=1S/C25H39N7O2/c1-14-9-11-16(12-10-14)13-32-18-21(27-15(2)17-7-6-8-17)28-23(20(26)31-34)29-22(18)30-24(32)19(33)25(3,4)5/h14-17,34H,6-13H2,1-5H3,(H2,26,31)(H,27,28,29)/t14?,15-,16?/m1/s1. The monoisotopic (exact) mass is 469 g/mol. The van der Waals surface area contributed by atoms with Gasteiger partial charge in [-0.2, -0.15) is 0 Å². The lowest BCUT2D eigenvalue weighted by molar-refractivity contribution is 0.0840.